The Morgan fingerprint density at radius 2 is 2.03 bits per heavy atom. The van der Waals surface area contributed by atoms with Gasteiger partial charge in [-0.15, -0.1) is 11.3 Å². The molecule has 3 rings (SSSR count). The van der Waals surface area contributed by atoms with Gasteiger partial charge in [0.05, 0.1) is 22.7 Å². The zero-order valence-electron chi connectivity index (χ0n) is 18.0. The lowest BCUT2D eigenvalue weighted by atomic mass is 10.1. The van der Waals surface area contributed by atoms with E-state index < -0.39 is 29.9 Å². The minimum atomic E-state index is -1.07. The number of ketones is 1. The van der Waals surface area contributed by atoms with Crippen molar-refractivity contribution >= 4 is 35.0 Å². The zero-order chi connectivity index (χ0) is 22.7. The van der Waals surface area contributed by atoms with Gasteiger partial charge in [0.1, 0.15) is 6.04 Å². The number of esters is 2. The number of hydrogen-bond acceptors (Lipinski definition) is 7. The molecular weight excluding hydrogens is 420 g/mol. The van der Waals surface area contributed by atoms with E-state index in [2.05, 4.69) is 4.98 Å². The number of rotatable bonds is 7. The average molecular weight is 447 g/mol. The van der Waals surface area contributed by atoms with Gasteiger partial charge >= 0.3 is 11.9 Å². The summed E-state index contributed by atoms with van der Waals surface area (Å²) in [5.41, 5.74) is 1.49. The summed E-state index contributed by atoms with van der Waals surface area (Å²) in [5.74, 6) is -1.76. The molecule has 0 bridgehead atoms. The van der Waals surface area contributed by atoms with Crippen LogP contribution in [0.4, 0.5) is 0 Å². The van der Waals surface area contributed by atoms with Crippen molar-refractivity contribution in [2.45, 2.75) is 52.7 Å². The summed E-state index contributed by atoms with van der Waals surface area (Å²) in [4.78, 5) is 55.5. The molecule has 0 radical (unpaired) electrons. The van der Waals surface area contributed by atoms with E-state index in [4.69, 9.17) is 9.47 Å². The lowest BCUT2D eigenvalue weighted by Gasteiger charge is -2.24. The van der Waals surface area contributed by atoms with Crippen molar-refractivity contribution in [3.05, 3.63) is 44.9 Å². The molecule has 0 aromatic carbocycles. The maximum absolute atomic E-state index is 12.9. The van der Waals surface area contributed by atoms with Crippen LogP contribution in [0.15, 0.2) is 17.5 Å². The number of thiophene rings is 1. The summed E-state index contributed by atoms with van der Waals surface area (Å²) in [5, 5.41) is 1.81. The van der Waals surface area contributed by atoms with E-state index in [-0.39, 0.29) is 18.2 Å². The molecule has 2 atom stereocenters. The normalized spacial score (nSPS) is 16.8. The molecule has 166 valence electrons. The molecule has 0 unspecified atom stereocenters. The van der Waals surface area contributed by atoms with Crippen LogP contribution in [-0.2, 0) is 14.3 Å². The first-order valence-corrected chi connectivity index (χ1v) is 11.1. The third kappa shape index (κ3) is 4.56. The highest BCUT2D eigenvalue weighted by atomic mass is 32.1. The molecule has 1 amide bonds. The molecule has 0 aliphatic carbocycles. The topological polar surface area (TPSA) is 106 Å². The number of ether oxygens (including phenoxy) is 2. The Morgan fingerprint density at radius 3 is 2.68 bits per heavy atom. The van der Waals surface area contributed by atoms with Crippen LogP contribution in [0.1, 0.15) is 68.5 Å². The highest BCUT2D eigenvalue weighted by Crippen LogP contribution is 2.25. The summed E-state index contributed by atoms with van der Waals surface area (Å²) in [6.07, 6.45) is 0.111. The molecule has 1 saturated heterocycles. The Hall–Kier alpha value is -2.94. The van der Waals surface area contributed by atoms with Crippen LogP contribution in [0.5, 0.6) is 0 Å². The van der Waals surface area contributed by atoms with Crippen molar-refractivity contribution in [1.82, 2.24) is 9.88 Å². The van der Waals surface area contributed by atoms with Crippen LogP contribution in [0.3, 0.4) is 0 Å². The minimum absolute atomic E-state index is 0.205. The smallest absolute Gasteiger partial charge is 0.340 e. The lowest BCUT2D eigenvalue weighted by Crippen LogP contribution is -2.42. The van der Waals surface area contributed by atoms with Crippen molar-refractivity contribution in [3.8, 4) is 0 Å². The molecule has 1 aliphatic heterocycles. The van der Waals surface area contributed by atoms with Crippen LogP contribution < -0.4 is 0 Å². The number of Topliss-reactive ketones (excluding diaryl/α,β-unsaturated/α-hetero) is 1. The SMILES string of the molecule is CCOC(=O)c1c(C)[nH]c(C(=O)[C@@H](C)OC(=O)[C@@H]2CCCN2C(=O)c2cccs2)c1C. The number of aromatic nitrogens is 1. The van der Waals surface area contributed by atoms with E-state index in [1.54, 1.807) is 32.9 Å². The van der Waals surface area contributed by atoms with Gasteiger partial charge in [-0.3, -0.25) is 9.59 Å². The molecule has 2 aromatic heterocycles. The maximum atomic E-state index is 12.9. The van der Waals surface area contributed by atoms with Gasteiger partial charge in [-0.05, 0) is 57.5 Å². The van der Waals surface area contributed by atoms with E-state index >= 15 is 0 Å². The van der Waals surface area contributed by atoms with Gasteiger partial charge in [0, 0.05) is 12.2 Å². The molecule has 1 fully saturated rings. The molecule has 3 heterocycles. The highest BCUT2D eigenvalue weighted by Gasteiger charge is 2.38. The van der Waals surface area contributed by atoms with Crippen LogP contribution in [0, 0.1) is 13.8 Å². The van der Waals surface area contributed by atoms with Crippen molar-refractivity contribution in [1.29, 1.82) is 0 Å². The number of amides is 1. The number of aryl methyl sites for hydroxylation is 1. The van der Waals surface area contributed by atoms with Gasteiger partial charge in [-0.25, -0.2) is 9.59 Å². The quantitative estimate of drug-likeness (QED) is 0.517. The highest BCUT2D eigenvalue weighted by molar-refractivity contribution is 7.12. The van der Waals surface area contributed by atoms with Gasteiger partial charge in [-0.2, -0.15) is 0 Å². The summed E-state index contributed by atoms with van der Waals surface area (Å²) in [6, 6.07) is 2.79. The maximum Gasteiger partial charge on any atom is 0.340 e. The van der Waals surface area contributed by atoms with E-state index in [0.717, 1.165) is 0 Å². The summed E-state index contributed by atoms with van der Waals surface area (Å²) in [6.45, 7) is 7.22. The molecule has 1 N–H and O–H groups in total. The second-order valence-corrected chi connectivity index (χ2v) is 8.37. The van der Waals surface area contributed by atoms with Crippen LogP contribution >= 0.6 is 11.3 Å². The number of nitrogens with one attached hydrogen (secondary N) is 1. The van der Waals surface area contributed by atoms with Crippen molar-refractivity contribution < 1.29 is 28.7 Å². The number of carbonyl (C=O) groups is 4. The van der Waals surface area contributed by atoms with Gasteiger partial charge in [0.2, 0.25) is 5.78 Å². The van der Waals surface area contributed by atoms with E-state index in [9.17, 15) is 19.2 Å². The third-order valence-corrected chi connectivity index (χ3v) is 6.20. The van der Waals surface area contributed by atoms with Crippen molar-refractivity contribution in [2.24, 2.45) is 0 Å². The standard InChI is InChI=1S/C22H26N2O6S/c1-5-29-22(28)17-12(2)18(23-13(17)3)19(25)14(4)30-21(27)15-8-6-10-24(15)20(26)16-9-7-11-31-16/h7,9,11,14-15,23H,5-6,8,10H2,1-4H3/t14-,15+/m1/s1. The molecule has 8 nitrogen and oxygen atoms in total. The Labute approximate surface area is 184 Å². The predicted octanol–water partition coefficient (Wildman–Crippen LogP) is 3.29. The van der Waals surface area contributed by atoms with Crippen LogP contribution in [0.25, 0.3) is 0 Å². The fourth-order valence-electron chi connectivity index (χ4n) is 3.81. The van der Waals surface area contributed by atoms with Gasteiger partial charge in [0.25, 0.3) is 5.91 Å². The number of aromatic amines is 1. The molecule has 0 saturated carbocycles. The number of carbonyl (C=O) groups excluding carboxylic acids is 4. The first kappa shape index (κ1) is 22.7. The van der Waals surface area contributed by atoms with Gasteiger partial charge in [0.15, 0.2) is 6.10 Å². The number of nitrogens with zero attached hydrogens (tertiary/aromatic N) is 1. The predicted molar refractivity (Wildman–Crippen MR) is 114 cm³/mol. The Kier molecular flexibility index (Phi) is 6.94. The summed E-state index contributed by atoms with van der Waals surface area (Å²) in [7, 11) is 0. The van der Waals surface area contributed by atoms with E-state index in [1.807, 2.05) is 5.38 Å². The average Bonchev–Trinajstić information content (AvgIpc) is 3.47. The number of hydrogen-bond donors (Lipinski definition) is 1. The molecule has 2 aromatic rings. The first-order valence-electron chi connectivity index (χ1n) is 10.2. The fraction of sp³-hybridized carbons (Fsp3) is 0.455. The summed E-state index contributed by atoms with van der Waals surface area (Å²) >= 11 is 1.32. The van der Waals surface area contributed by atoms with E-state index in [1.165, 1.54) is 23.2 Å². The van der Waals surface area contributed by atoms with Gasteiger partial charge < -0.3 is 19.4 Å². The third-order valence-electron chi connectivity index (χ3n) is 5.34. The van der Waals surface area contributed by atoms with Crippen LogP contribution in [0.2, 0.25) is 0 Å². The Bertz CT molecular complexity index is 994. The van der Waals surface area contributed by atoms with Crippen molar-refractivity contribution in [3.63, 3.8) is 0 Å². The fourth-order valence-corrected chi connectivity index (χ4v) is 4.49. The molecule has 31 heavy (non-hydrogen) atoms. The second kappa shape index (κ2) is 9.47. The van der Waals surface area contributed by atoms with Gasteiger partial charge in [-0.1, -0.05) is 6.07 Å². The Balaban J connectivity index is 1.71. The number of likely N-dealkylation sites (tertiary alicyclic amines) is 1. The summed E-state index contributed by atoms with van der Waals surface area (Å²) < 4.78 is 10.5. The monoisotopic (exact) mass is 446 g/mol. The molecule has 1 aliphatic rings. The van der Waals surface area contributed by atoms with E-state index in [0.29, 0.717) is 41.1 Å². The second-order valence-electron chi connectivity index (χ2n) is 7.42. The largest absolute Gasteiger partial charge is 0.462 e. The molecule has 9 heteroatoms. The minimum Gasteiger partial charge on any atom is -0.462 e. The van der Waals surface area contributed by atoms with Crippen molar-refractivity contribution in [2.75, 3.05) is 13.2 Å². The first-order chi connectivity index (χ1) is 14.8. The zero-order valence-corrected chi connectivity index (χ0v) is 18.8. The van der Waals surface area contributed by atoms with Crippen LogP contribution in [-0.4, -0.2) is 58.8 Å². The molecular formula is C22H26N2O6S. The number of H-pyrrole nitrogens is 1. The lowest BCUT2D eigenvalue weighted by molar-refractivity contribution is -0.150. The Morgan fingerprint density at radius 1 is 1.29 bits per heavy atom. The molecule has 0 spiro atoms.